The zero-order chi connectivity index (χ0) is 9.84. The molecule has 1 fully saturated rings. The van der Waals surface area contributed by atoms with Gasteiger partial charge in [-0.1, -0.05) is 0 Å². The summed E-state index contributed by atoms with van der Waals surface area (Å²) in [4.78, 5) is 4.47. The predicted molar refractivity (Wildman–Crippen MR) is 55.2 cm³/mol. The number of aliphatic imine (C=N–C) groups is 1. The van der Waals surface area contributed by atoms with Gasteiger partial charge in [0.2, 0.25) is 5.96 Å². The van der Waals surface area contributed by atoms with Crippen LogP contribution in [0.15, 0.2) is 4.99 Å². The number of hydrogen-bond acceptors (Lipinski definition) is 2. The molecule has 4 N–H and O–H groups in total. The van der Waals surface area contributed by atoms with E-state index in [4.69, 9.17) is 5.84 Å². The van der Waals surface area contributed by atoms with Crippen molar-refractivity contribution >= 4 is 5.96 Å². The van der Waals surface area contributed by atoms with Crippen LogP contribution < -0.4 is 16.6 Å². The van der Waals surface area contributed by atoms with Gasteiger partial charge in [-0.3, -0.25) is 5.43 Å². The van der Waals surface area contributed by atoms with E-state index in [0.29, 0.717) is 18.0 Å². The number of nitrogens with two attached hydrogens (primary N) is 1. The summed E-state index contributed by atoms with van der Waals surface area (Å²) >= 11 is 0. The van der Waals surface area contributed by atoms with Crippen molar-refractivity contribution in [2.24, 2.45) is 16.8 Å². The van der Waals surface area contributed by atoms with Gasteiger partial charge in [-0.15, -0.1) is 0 Å². The van der Waals surface area contributed by atoms with Crippen LogP contribution in [0, 0.1) is 5.92 Å². The normalized spacial score (nSPS) is 20.2. The lowest BCUT2D eigenvalue weighted by Gasteiger charge is -2.14. The summed E-state index contributed by atoms with van der Waals surface area (Å²) in [6.07, 6.45) is 2.62. The molecular weight excluding hydrogens is 164 g/mol. The van der Waals surface area contributed by atoms with Gasteiger partial charge in [0.25, 0.3) is 0 Å². The van der Waals surface area contributed by atoms with Gasteiger partial charge in [0.1, 0.15) is 0 Å². The van der Waals surface area contributed by atoms with Crippen molar-refractivity contribution in [3.8, 4) is 0 Å². The molecule has 0 aromatic rings. The Kier molecular flexibility index (Phi) is 3.54. The van der Waals surface area contributed by atoms with E-state index in [1.807, 2.05) is 0 Å². The highest BCUT2D eigenvalue weighted by Crippen LogP contribution is 2.33. The lowest BCUT2D eigenvalue weighted by atomic mass is 10.2. The Morgan fingerprint density at radius 1 is 1.38 bits per heavy atom. The lowest BCUT2D eigenvalue weighted by Crippen LogP contribution is -2.45. The molecule has 1 unspecified atom stereocenters. The predicted octanol–water partition coefficient (Wildman–Crippen LogP) is 0.602. The number of hydrazine groups is 1. The van der Waals surface area contributed by atoms with Gasteiger partial charge in [0.05, 0.1) is 6.04 Å². The smallest absolute Gasteiger partial charge is 0.206 e. The molecule has 0 aliphatic heterocycles. The highest BCUT2D eigenvalue weighted by atomic mass is 15.3. The lowest BCUT2D eigenvalue weighted by molar-refractivity contribution is 0.628. The van der Waals surface area contributed by atoms with Gasteiger partial charge in [-0.25, -0.2) is 10.8 Å². The Morgan fingerprint density at radius 2 is 2.00 bits per heavy atom. The van der Waals surface area contributed by atoms with Crippen LogP contribution in [-0.2, 0) is 0 Å². The van der Waals surface area contributed by atoms with Crippen LogP contribution in [0.3, 0.4) is 0 Å². The zero-order valence-corrected chi connectivity index (χ0v) is 8.67. The molecule has 0 amide bonds. The number of guanidine groups is 1. The highest BCUT2D eigenvalue weighted by molar-refractivity contribution is 5.79. The van der Waals surface area contributed by atoms with Crippen molar-refractivity contribution in [3.63, 3.8) is 0 Å². The Hall–Kier alpha value is -0.770. The molecule has 13 heavy (non-hydrogen) atoms. The Labute approximate surface area is 80.0 Å². The third-order valence-corrected chi connectivity index (χ3v) is 2.20. The van der Waals surface area contributed by atoms with Crippen molar-refractivity contribution in [3.05, 3.63) is 0 Å². The Bertz CT molecular complexity index is 184. The summed E-state index contributed by atoms with van der Waals surface area (Å²) < 4.78 is 0. The van der Waals surface area contributed by atoms with Crippen LogP contribution in [0.1, 0.15) is 33.6 Å². The topological polar surface area (TPSA) is 62.4 Å². The summed E-state index contributed by atoms with van der Waals surface area (Å²) in [5.74, 6) is 6.83. The van der Waals surface area contributed by atoms with E-state index in [9.17, 15) is 0 Å². The standard InChI is InChI=1S/C9H20N4/c1-6(2)11-9(13-10)12-7(3)8-4-5-8/h6-8H,4-5,10H2,1-3H3,(H2,11,12,13). The van der Waals surface area contributed by atoms with E-state index in [0.717, 1.165) is 5.92 Å². The van der Waals surface area contributed by atoms with Gasteiger partial charge < -0.3 is 5.32 Å². The van der Waals surface area contributed by atoms with Crippen molar-refractivity contribution in [2.75, 3.05) is 0 Å². The SMILES string of the molecule is CC(C)NC(=NC(C)C1CC1)NN. The fourth-order valence-corrected chi connectivity index (χ4v) is 1.28. The van der Waals surface area contributed by atoms with Crippen LogP contribution in [0.25, 0.3) is 0 Å². The molecule has 1 rings (SSSR count). The summed E-state index contributed by atoms with van der Waals surface area (Å²) in [5.41, 5.74) is 2.59. The maximum Gasteiger partial charge on any atom is 0.206 e. The molecule has 76 valence electrons. The average molecular weight is 184 g/mol. The number of hydrogen-bond donors (Lipinski definition) is 3. The Balaban J connectivity index is 2.42. The second-order valence-electron chi connectivity index (χ2n) is 4.00. The zero-order valence-electron chi connectivity index (χ0n) is 8.67. The van der Waals surface area contributed by atoms with Crippen molar-refractivity contribution < 1.29 is 0 Å². The molecular formula is C9H20N4. The molecule has 0 saturated heterocycles. The quantitative estimate of drug-likeness (QED) is 0.260. The molecule has 0 aromatic heterocycles. The third kappa shape index (κ3) is 3.63. The van der Waals surface area contributed by atoms with Crippen molar-refractivity contribution in [2.45, 2.75) is 45.7 Å². The Morgan fingerprint density at radius 3 is 2.38 bits per heavy atom. The summed E-state index contributed by atoms with van der Waals surface area (Å²) in [5, 5.41) is 3.16. The largest absolute Gasteiger partial charge is 0.353 e. The molecule has 1 saturated carbocycles. The second-order valence-corrected chi connectivity index (χ2v) is 4.00. The maximum atomic E-state index is 5.35. The molecule has 0 radical (unpaired) electrons. The molecule has 0 aromatic carbocycles. The molecule has 0 bridgehead atoms. The van der Waals surface area contributed by atoms with E-state index in [2.05, 4.69) is 36.5 Å². The highest BCUT2D eigenvalue weighted by Gasteiger charge is 2.27. The van der Waals surface area contributed by atoms with E-state index >= 15 is 0 Å². The van der Waals surface area contributed by atoms with E-state index < -0.39 is 0 Å². The molecule has 1 aliphatic rings. The molecule has 4 nitrogen and oxygen atoms in total. The third-order valence-electron chi connectivity index (χ3n) is 2.20. The van der Waals surface area contributed by atoms with Crippen LogP contribution in [-0.4, -0.2) is 18.0 Å². The van der Waals surface area contributed by atoms with Crippen LogP contribution in [0.2, 0.25) is 0 Å². The van der Waals surface area contributed by atoms with Crippen molar-refractivity contribution in [1.82, 2.24) is 10.7 Å². The fourth-order valence-electron chi connectivity index (χ4n) is 1.28. The molecule has 1 atom stereocenters. The van der Waals surface area contributed by atoms with E-state index in [1.165, 1.54) is 12.8 Å². The molecule has 1 aliphatic carbocycles. The first-order chi connectivity index (χ1) is 6.13. The summed E-state index contributed by atoms with van der Waals surface area (Å²) in [6, 6.07) is 0.749. The minimum atomic E-state index is 0.362. The second kappa shape index (κ2) is 4.46. The van der Waals surface area contributed by atoms with Gasteiger partial charge in [-0.05, 0) is 39.5 Å². The minimum absolute atomic E-state index is 0.362. The molecule has 4 heteroatoms. The summed E-state index contributed by atoms with van der Waals surface area (Å²) in [6.45, 7) is 6.26. The average Bonchev–Trinajstić information content (AvgIpc) is 2.84. The minimum Gasteiger partial charge on any atom is -0.353 e. The number of nitrogens with one attached hydrogen (secondary N) is 2. The monoisotopic (exact) mass is 184 g/mol. The van der Waals surface area contributed by atoms with Gasteiger partial charge in [-0.2, -0.15) is 0 Å². The first-order valence-electron chi connectivity index (χ1n) is 4.94. The van der Waals surface area contributed by atoms with Crippen LogP contribution in [0.4, 0.5) is 0 Å². The molecule has 0 heterocycles. The first kappa shape index (κ1) is 10.3. The van der Waals surface area contributed by atoms with Gasteiger partial charge in [0.15, 0.2) is 0 Å². The fraction of sp³-hybridized carbons (Fsp3) is 0.889. The van der Waals surface area contributed by atoms with E-state index in [1.54, 1.807) is 0 Å². The van der Waals surface area contributed by atoms with Crippen LogP contribution in [0.5, 0.6) is 0 Å². The van der Waals surface area contributed by atoms with Gasteiger partial charge in [0, 0.05) is 6.04 Å². The van der Waals surface area contributed by atoms with Crippen molar-refractivity contribution in [1.29, 1.82) is 0 Å². The number of rotatable bonds is 3. The number of nitrogens with zero attached hydrogens (tertiary/aromatic N) is 1. The van der Waals surface area contributed by atoms with E-state index in [-0.39, 0.29) is 0 Å². The molecule has 0 spiro atoms. The van der Waals surface area contributed by atoms with Gasteiger partial charge >= 0.3 is 0 Å². The first-order valence-corrected chi connectivity index (χ1v) is 4.94. The summed E-state index contributed by atoms with van der Waals surface area (Å²) in [7, 11) is 0. The maximum absolute atomic E-state index is 5.35. The van der Waals surface area contributed by atoms with Crippen LogP contribution >= 0.6 is 0 Å².